The second-order valence-electron chi connectivity index (χ2n) is 6.63. The van der Waals surface area contributed by atoms with Crippen molar-refractivity contribution in [3.8, 4) is 0 Å². The predicted octanol–water partition coefficient (Wildman–Crippen LogP) is 6.11. The Morgan fingerprint density at radius 1 is 0.455 bits per heavy atom. The van der Waals surface area contributed by atoms with Crippen LogP contribution in [-0.2, 0) is 4.79 Å². The number of unbranched alkanes of at least 4 members (excludes halogenated alkanes) is 17. The lowest BCUT2D eigenvalue weighted by atomic mass is 10.0. The summed E-state index contributed by atoms with van der Waals surface area (Å²) in [5.74, 6) is 0. The van der Waals surface area contributed by atoms with E-state index < -0.39 is 0 Å². The highest BCUT2D eigenvalue weighted by Gasteiger charge is 1.95. The fourth-order valence-electron chi connectivity index (χ4n) is 2.96. The van der Waals surface area contributed by atoms with Crippen molar-refractivity contribution in [1.29, 1.82) is 0 Å². The summed E-state index contributed by atoms with van der Waals surface area (Å²) in [7, 11) is 0. The van der Waals surface area contributed by atoms with Crippen LogP contribution in [0.5, 0.6) is 0 Å². The molecule has 0 rings (SSSR count). The second kappa shape index (κ2) is 20.6. The van der Waals surface area contributed by atoms with Crippen molar-refractivity contribution in [2.75, 3.05) is 6.61 Å². The topological polar surface area (TPSA) is 37.3 Å². The average molecular weight is 312 g/mol. The molecule has 131 valence electrons. The number of hydrogen-bond donors (Lipinski definition) is 1. The van der Waals surface area contributed by atoms with E-state index in [1.165, 1.54) is 96.3 Å². The van der Waals surface area contributed by atoms with Gasteiger partial charge in [0.25, 0.3) is 0 Å². The molecule has 1 N–H and O–H groups in total. The van der Waals surface area contributed by atoms with Crippen LogP contribution in [0.15, 0.2) is 0 Å². The third kappa shape index (κ3) is 19.6. The number of carbonyl (C=O) groups excluding carboxylic acids is 1. The van der Waals surface area contributed by atoms with Crippen LogP contribution in [0.2, 0.25) is 0 Å². The van der Waals surface area contributed by atoms with E-state index in [0.29, 0.717) is 13.0 Å². The van der Waals surface area contributed by atoms with Crippen LogP contribution < -0.4 is 0 Å². The number of aliphatic hydroxyl groups is 1. The fraction of sp³-hybridized carbons (Fsp3) is 0.950. The van der Waals surface area contributed by atoms with Gasteiger partial charge in [-0.3, -0.25) is 4.79 Å². The summed E-state index contributed by atoms with van der Waals surface area (Å²) in [6, 6.07) is 0. The van der Waals surface area contributed by atoms with E-state index in [1.807, 2.05) is 6.29 Å². The molecular weight excluding hydrogens is 272 g/mol. The van der Waals surface area contributed by atoms with Gasteiger partial charge in [-0.05, 0) is 12.8 Å². The monoisotopic (exact) mass is 311 g/mol. The first-order valence-electron chi connectivity index (χ1n) is 9.87. The summed E-state index contributed by atoms with van der Waals surface area (Å²) in [6.45, 7) is 0.360. The third-order valence-corrected chi connectivity index (χ3v) is 4.44. The van der Waals surface area contributed by atoms with E-state index >= 15 is 0 Å². The van der Waals surface area contributed by atoms with Crippen LogP contribution in [0, 0.1) is 0 Å². The molecule has 0 heterocycles. The summed E-state index contributed by atoms with van der Waals surface area (Å²) < 4.78 is 0. The predicted molar refractivity (Wildman–Crippen MR) is 95.9 cm³/mol. The van der Waals surface area contributed by atoms with Gasteiger partial charge >= 0.3 is 0 Å². The van der Waals surface area contributed by atoms with Gasteiger partial charge < -0.3 is 5.11 Å². The molecule has 0 fully saturated rings. The van der Waals surface area contributed by atoms with Gasteiger partial charge in [-0.2, -0.15) is 0 Å². The molecule has 0 aliphatic heterocycles. The molecule has 2 nitrogen and oxygen atoms in total. The van der Waals surface area contributed by atoms with E-state index in [1.54, 1.807) is 0 Å². The van der Waals surface area contributed by atoms with Crippen molar-refractivity contribution < 1.29 is 9.90 Å². The van der Waals surface area contributed by atoms with Gasteiger partial charge in [0.05, 0.1) is 0 Å². The van der Waals surface area contributed by atoms with Crippen LogP contribution >= 0.6 is 0 Å². The molecule has 0 bridgehead atoms. The van der Waals surface area contributed by atoms with E-state index in [4.69, 9.17) is 5.11 Å². The smallest absolute Gasteiger partial charge is 0.198 e. The van der Waals surface area contributed by atoms with Gasteiger partial charge in [0, 0.05) is 13.0 Å². The van der Waals surface area contributed by atoms with Gasteiger partial charge in [0.1, 0.15) is 0 Å². The van der Waals surface area contributed by atoms with Crippen molar-refractivity contribution in [3.05, 3.63) is 0 Å². The molecule has 1 radical (unpaired) electrons. The molecule has 0 unspecified atom stereocenters. The lowest BCUT2D eigenvalue weighted by Gasteiger charge is -2.03. The van der Waals surface area contributed by atoms with Crippen molar-refractivity contribution in [2.24, 2.45) is 0 Å². The zero-order valence-corrected chi connectivity index (χ0v) is 14.8. The van der Waals surface area contributed by atoms with Gasteiger partial charge in [0.2, 0.25) is 0 Å². The Morgan fingerprint density at radius 2 is 0.727 bits per heavy atom. The van der Waals surface area contributed by atoms with Crippen molar-refractivity contribution in [1.82, 2.24) is 0 Å². The minimum atomic E-state index is 0.360. The van der Waals surface area contributed by atoms with E-state index in [9.17, 15) is 4.79 Å². The van der Waals surface area contributed by atoms with Crippen LogP contribution in [-0.4, -0.2) is 18.0 Å². The highest BCUT2D eigenvalue weighted by atomic mass is 16.2. The first-order valence-corrected chi connectivity index (χ1v) is 9.87. The van der Waals surface area contributed by atoms with Crippen molar-refractivity contribution in [2.45, 2.75) is 116 Å². The molecule has 0 atom stereocenters. The van der Waals surface area contributed by atoms with Crippen molar-refractivity contribution >= 4 is 6.29 Å². The van der Waals surface area contributed by atoms with E-state index in [0.717, 1.165) is 12.8 Å². The van der Waals surface area contributed by atoms with Crippen molar-refractivity contribution in [3.63, 3.8) is 0 Å². The number of aliphatic hydroxyl groups excluding tert-OH is 1. The molecule has 0 aromatic heterocycles. The Hall–Kier alpha value is -0.370. The zero-order valence-electron chi connectivity index (χ0n) is 14.8. The first-order chi connectivity index (χ1) is 10.9. The molecule has 0 saturated carbocycles. The fourth-order valence-corrected chi connectivity index (χ4v) is 2.96. The second-order valence-corrected chi connectivity index (χ2v) is 6.63. The normalized spacial score (nSPS) is 11.0. The minimum Gasteiger partial charge on any atom is -0.396 e. The average Bonchev–Trinajstić information content (AvgIpc) is 2.54. The summed E-state index contributed by atoms with van der Waals surface area (Å²) in [5, 5.41) is 8.69. The van der Waals surface area contributed by atoms with Crippen LogP contribution in [0.4, 0.5) is 0 Å². The maximum Gasteiger partial charge on any atom is 0.198 e. The van der Waals surface area contributed by atoms with Gasteiger partial charge in [-0.1, -0.05) is 96.3 Å². The molecule has 0 aliphatic carbocycles. The molecule has 0 saturated heterocycles. The molecule has 0 spiro atoms. The highest BCUT2D eigenvalue weighted by molar-refractivity contribution is 5.50. The molecule has 0 aromatic rings. The summed E-state index contributed by atoms with van der Waals surface area (Å²) in [4.78, 5) is 10.0. The molecular formula is C20H39O2. The third-order valence-electron chi connectivity index (χ3n) is 4.44. The highest BCUT2D eigenvalue weighted by Crippen LogP contribution is 2.14. The lowest BCUT2D eigenvalue weighted by Crippen LogP contribution is -1.85. The first kappa shape index (κ1) is 21.6. The summed E-state index contributed by atoms with van der Waals surface area (Å²) in [5.41, 5.74) is 0. The molecule has 22 heavy (non-hydrogen) atoms. The minimum absolute atomic E-state index is 0.360. The molecule has 0 amide bonds. The van der Waals surface area contributed by atoms with Gasteiger partial charge in [0.15, 0.2) is 6.29 Å². The van der Waals surface area contributed by atoms with E-state index in [-0.39, 0.29) is 0 Å². The quantitative estimate of drug-likeness (QED) is 0.292. The Morgan fingerprint density at radius 3 is 1.00 bits per heavy atom. The summed E-state index contributed by atoms with van der Waals surface area (Å²) in [6.07, 6.45) is 24.9. The Labute approximate surface area is 139 Å². The molecule has 0 aromatic carbocycles. The van der Waals surface area contributed by atoms with Crippen LogP contribution in [0.3, 0.4) is 0 Å². The SMILES string of the molecule is O=[C]CCCCCCCCCCCCCCCCCCCO. The Balaban J connectivity index is 2.92. The van der Waals surface area contributed by atoms with Crippen LogP contribution in [0.25, 0.3) is 0 Å². The standard InChI is InChI=1S/C20H39O2/c21-19-17-15-13-11-9-7-5-3-1-2-4-6-8-10-12-14-16-18-20-22/h21H,1-19H2. The number of rotatable bonds is 19. The lowest BCUT2D eigenvalue weighted by molar-refractivity contribution is 0.282. The number of hydrogen-bond acceptors (Lipinski definition) is 2. The van der Waals surface area contributed by atoms with Gasteiger partial charge in [-0.25, -0.2) is 0 Å². The van der Waals surface area contributed by atoms with Gasteiger partial charge in [-0.15, -0.1) is 0 Å². The zero-order chi connectivity index (χ0) is 16.1. The Kier molecular flexibility index (Phi) is 20.3. The van der Waals surface area contributed by atoms with E-state index in [2.05, 4.69) is 0 Å². The molecule has 2 heteroatoms. The maximum absolute atomic E-state index is 10.0. The summed E-state index contributed by atoms with van der Waals surface area (Å²) >= 11 is 0. The largest absolute Gasteiger partial charge is 0.396 e. The Bertz CT molecular complexity index is 204. The van der Waals surface area contributed by atoms with Crippen LogP contribution in [0.1, 0.15) is 116 Å². The molecule has 0 aliphatic rings. The maximum atomic E-state index is 10.0.